The third-order valence-corrected chi connectivity index (χ3v) is 1.61. The molecule has 1 fully saturated rings. The highest BCUT2D eigenvalue weighted by atomic mass is 35.5. The molecular weight excluding hydrogens is 195 g/mol. The molecule has 12 heavy (non-hydrogen) atoms. The predicted octanol–water partition coefficient (Wildman–Crippen LogP) is 1.69. The zero-order valence-corrected chi connectivity index (χ0v) is 7.34. The maximum atomic E-state index is 11.6. The molecule has 0 amide bonds. The third kappa shape index (κ3) is 4.13. The van der Waals surface area contributed by atoms with Crippen molar-refractivity contribution in [2.45, 2.75) is 31.9 Å². The fraction of sp³-hybridized carbons (Fsp3) is 1.00. The highest BCUT2D eigenvalue weighted by molar-refractivity contribution is 5.85. The third-order valence-electron chi connectivity index (χ3n) is 1.61. The van der Waals surface area contributed by atoms with E-state index in [1.54, 1.807) is 0 Å². The van der Waals surface area contributed by atoms with Gasteiger partial charge in [0.25, 0.3) is 0 Å². The van der Waals surface area contributed by atoms with E-state index in [1.807, 2.05) is 6.92 Å². The van der Waals surface area contributed by atoms with Crippen LogP contribution in [0.4, 0.5) is 13.2 Å². The van der Waals surface area contributed by atoms with Gasteiger partial charge in [-0.25, -0.2) is 0 Å². The van der Waals surface area contributed by atoms with Gasteiger partial charge in [0.1, 0.15) is 0 Å². The molecule has 0 spiro atoms. The van der Waals surface area contributed by atoms with Crippen molar-refractivity contribution < 1.29 is 17.9 Å². The molecule has 1 saturated heterocycles. The Morgan fingerprint density at radius 1 is 1.42 bits per heavy atom. The van der Waals surface area contributed by atoms with Crippen LogP contribution in [-0.2, 0) is 4.74 Å². The Morgan fingerprint density at radius 2 is 2.00 bits per heavy atom. The monoisotopic (exact) mass is 205 g/mol. The van der Waals surface area contributed by atoms with Crippen LogP contribution in [0.1, 0.15) is 13.3 Å². The molecule has 1 N–H and O–H groups in total. The van der Waals surface area contributed by atoms with Gasteiger partial charge in [0, 0.05) is 12.6 Å². The molecule has 6 heteroatoms. The van der Waals surface area contributed by atoms with Crippen LogP contribution in [0.5, 0.6) is 0 Å². The molecule has 1 heterocycles. The van der Waals surface area contributed by atoms with Crippen molar-refractivity contribution in [2.75, 3.05) is 6.54 Å². The van der Waals surface area contributed by atoms with Gasteiger partial charge in [0.15, 0.2) is 0 Å². The predicted molar refractivity (Wildman–Crippen MR) is 40.3 cm³/mol. The van der Waals surface area contributed by atoms with Crippen LogP contribution in [0.3, 0.4) is 0 Å². The van der Waals surface area contributed by atoms with Gasteiger partial charge < -0.3 is 5.32 Å². The average Bonchev–Trinajstić information content (AvgIpc) is 2.10. The van der Waals surface area contributed by atoms with Gasteiger partial charge >= 0.3 is 6.36 Å². The first kappa shape index (κ1) is 12.0. The Bertz CT molecular complexity index is 141. The minimum Gasteiger partial charge on any atom is -0.312 e. The second-order valence-corrected chi connectivity index (χ2v) is 2.73. The largest absolute Gasteiger partial charge is 0.522 e. The Morgan fingerprint density at radius 3 is 2.33 bits per heavy atom. The summed E-state index contributed by atoms with van der Waals surface area (Å²) in [7, 11) is 0. The standard InChI is InChI=1S/C6H10F3NO.ClH/c1-4-2-5(3-10-4)11-6(7,8)9;/h4-5,10H,2-3H2,1H3;1H. The zero-order chi connectivity index (χ0) is 8.48. The van der Waals surface area contributed by atoms with E-state index in [-0.39, 0.29) is 18.4 Å². The molecule has 0 bridgehead atoms. The first-order chi connectivity index (χ1) is 4.97. The number of rotatable bonds is 1. The van der Waals surface area contributed by atoms with Crippen LogP contribution in [0.15, 0.2) is 0 Å². The summed E-state index contributed by atoms with van der Waals surface area (Å²) in [6.45, 7) is 2.13. The lowest BCUT2D eigenvalue weighted by molar-refractivity contribution is -0.340. The van der Waals surface area contributed by atoms with Crippen molar-refractivity contribution in [3.8, 4) is 0 Å². The van der Waals surface area contributed by atoms with E-state index >= 15 is 0 Å². The lowest BCUT2D eigenvalue weighted by atomic mass is 10.2. The SMILES string of the molecule is CC1CC(OC(F)(F)F)CN1.Cl. The van der Waals surface area contributed by atoms with Gasteiger partial charge in [-0.3, -0.25) is 4.74 Å². The summed E-state index contributed by atoms with van der Waals surface area (Å²) >= 11 is 0. The van der Waals surface area contributed by atoms with Crippen LogP contribution >= 0.6 is 12.4 Å². The second-order valence-electron chi connectivity index (χ2n) is 2.73. The summed E-state index contributed by atoms with van der Waals surface area (Å²) in [4.78, 5) is 0. The van der Waals surface area contributed by atoms with Crippen molar-refractivity contribution in [3.05, 3.63) is 0 Å². The van der Waals surface area contributed by atoms with Crippen LogP contribution in [0, 0.1) is 0 Å². The van der Waals surface area contributed by atoms with Crippen LogP contribution in [0.2, 0.25) is 0 Å². The van der Waals surface area contributed by atoms with Crippen LogP contribution in [0.25, 0.3) is 0 Å². The van der Waals surface area contributed by atoms with Crippen LogP contribution in [-0.4, -0.2) is 25.1 Å². The molecule has 0 aromatic carbocycles. The maximum Gasteiger partial charge on any atom is 0.522 e. The summed E-state index contributed by atoms with van der Waals surface area (Å²) in [5.41, 5.74) is 0. The first-order valence-electron chi connectivity index (χ1n) is 3.45. The van der Waals surface area contributed by atoms with E-state index in [2.05, 4.69) is 10.1 Å². The van der Waals surface area contributed by atoms with Crippen molar-refractivity contribution in [2.24, 2.45) is 0 Å². The number of ether oxygens (including phenoxy) is 1. The summed E-state index contributed by atoms with van der Waals surface area (Å²) in [5, 5.41) is 2.87. The molecule has 0 aromatic heterocycles. The quantitative estimate of drug-likeness (QED) is 0.704. The highest BCUT2D eigenvalue weighted by Gasteiger charge is 2.35. The molecule has 1 aliphatic heterocycles. The van der Waals surface area contributed by atoms with Crippen molar-refractivity contribution in [1.82, 2.24) is 5.32 Å². The lowest BCUT2D eigenvalue weighted by Gasteiger charge is -2.12. The fourth-order valence-corrected chi connectivity index (χ4v) is 1.17. The van der Waals surface area contributed by atoms with Gasteiger partial charge in [0.05, 0.1) is 6.10 Å². The number of hydrogen-bond acceptors (Lipinski definition) is 2. The Hall–Kier alpha value is 0. The summed E-state index contributed by atoms with van der Waals surface area (Å²) < 4.78 is 38.6. The van der Waals surface area contributed by atoms with Crippen molar-refractivity contribution >= 4 is 12.4 Å². The maximum absolute atomic E-state index is 11.6. The first-order valence-corrected chi connectivity index (χ1v) is 3.45. The van der Waals surface area contributed by atoms with Gasteiger partial charge in [0.2, 0.25) is 0 Å². The van der Waals surface area contributed by atoms with E-state index in [1.165, 1.54) is 0 Å². The molecular formula is C6H11ClF3NO. The number of halogens is 4. The molecule has 1 rings (SSSR count). The smallest absolute Gasteiger partial charge is 0.312 e. The molecule has 0 radical (unpaired) electrons. The molecule has 0 saturated carbocycles. The minimum atomic E-state index is -4.49. The average molecular weight is 206 g/mol. The van der Waals surface area contributed by atoms with E-state index in [9.17, 15) is 13.2 Å². The number of hydrogen-bond donors (Lipinski definition) is 1. The highest BCUT2D eigenvalue weighted by Crippen LogP contribution is 2.22. The van der Waals surface area contributed by atoms with E-state index < -0.39 is 12.5 Å². The number of nitrogens with one attached hydrogen (secondary N) is 1. The van der Waals surface area contributed by atoms with Crippen molar-refractivity contribution in [1.29, 1.82) is 0 Å². The zero-order valence-electron chi connectivity index (χ0n) is 6.52. The van der Waals surface area contributed by atoms with Gasteiger partial charge in [-0.1, -0.05) is 0 Å². The topological polar surface area (TPSA) is 21.3 Å². The molecule has 74 valence electrons. The molecule has 2 nitrogen and oxygen atoms in total. The molecule has 2 unspecified atom stereocenters. The van der Waals surface area contributed by atoms with Gasteiger partial charge in [-0.2, -0.15) is 0 Å². The van der Waals surface area contributed by atoms with E-state index in [0.717, 1.165) is 0 Å². The number of alkyl halides is 3. The Balaban J connectivity index is 0.00000121. The molecule has 0 aliphatic carbocycles. The normalized spacial score (nSPS) is 30.0. The molecule has 1 aliphatic rings. The Labute approximate surface area is 74.9 Å². The summed E-state index contributed by atoms with van der Waals surface area (Å²) in [5.74, 6) is 0. The minimum absolute atomic E-state index is 0. The summed E-state index contributed by atoms with van der Waals surface area (Å²) in [6, 6.07) is 0.127. The van der Waals surface area contributed by atoms with Crippen LogP contribution < -0.4 is 5.32 Å². The van der Waals surface area contributed by atoms with Gasteiger partial charge in [-0.15, -0.1) is 25.6 Å². The fourth-order valence-electron chi connectivity index (χ4n) is 1.17. The van der Waals surface area contributed by atoms with Crippen molar-refractivity contribution in [3.63, 3.8) is 0 Å². The lowest BCUT2D eigenvalue weighted by Crippen LogP contribution is -2.25. The molecule has 0 aromatic rings. The van der Waals surface area contributed by atoms with E-state index in [4.69, 9.17) is 0 Å². The molecule has 2 atom stereocenters. The van der Waals surface area contributed by atoms with E-state index in [0.29, 0.717) is 13.0 Å². The summed E-state index contributed by atoms with van der Waals surface area (Å²) in [6.07, 6.45) is -4.76. The van der Waals surface area contributed by atoms with Gasteiger partial charge in [-0.05, 0) is 13.3 Å². The Kier molecular flexibility index (Phi) is 4.30. The second kappa shape index (κ2) is 4.30.